The molecular weight excluding hydrogens is 500 g/mol. The zero-order valence-electron chi connectivity index (χ0n) is 22.2. The highest BCUT2D eigenvalue weighted by Crippen LogP contribution is 2.53. The molecule has 2 aliphatic rings. The van der Waals surface area contributed by atoms with E-state index >= 15 is 0 Å². The van der Waals surface area contributed by atoms with Gasteiger partial charge in [-0.1, -0.05) is 90.0 Å². The Hall–Kier alpha value is -4.97. The first-order valence-corrected chi connectivity index (χ1v) is 13.3. The number of anilines is 1. The minimum absolute atomic E-state index is 0.0716. The van der Waals surface area contributed by atoms with Gasteiger partial charge in [-0.25, -0.2) is 0 Å². The van der Waals surface area contributed by atoms with Crippen molar-refractivity contribution in [2.75, 3.05) is 4.90 Å². The van der Waals surface area contributed by atoms with Crippen LogP contribution in [0.15, 0.2) is 106 Å². The lowest BCUT2D eigenvalue weighted by Gasteiger charge is -2.34. The third-order valence-electron chi connectivity index (χ3n) is 8.04. The predicted molar refractivity (Wildman–Crippen MR) is 153 cm³/mol. The first-order valence-electron chi connectivity index (χ1n) is 13.3. The summed E-state index contributed by atoms with van der Waals surface area (Å²) in [4.78, 5) is 46.6. The van der Waals surface area contributed by atoms with E-state index in [1.165, 1.54) is 4.90 Å². The Labute approximate surface area is 231 Å². The van der Waals surface area contributed by atoms with E-state index in [0.717, 1.165) is 22.3 Å². The quantitative estimate of drug-likeness (QED) is 0.294. The normalized spacial score (nSPS) is 17.6. The van der Waals surface area contributed by atoms with Crippen LogP contribution in [0.1, 0.15) is 43.9 Å². The van der Waals surface area contributed by atoms with Crippen LogP contribution in [-0.4, -0.2) is 16.7 Å². The molecule has 1 atom stereocenters. The summed E-state index contributed by atoms with van der Waals surface area (Å²) >= 11 is 0. The average Bonchev–Trinajstić information content (AvgIpc) is 3.35. The van der Waals surface area contributed by atoms with E-state index in [4.69, 9.17) is 4.42 Å². The molecule has 6 nitrogen and oxygen atoms in total. The van der Waals surface area contributed by atoms with Crippen LogP contribution in [0.2, 0.25) is 0 Å². The maximum absolute atomic E-state index is 14.9. The lowest BCUT2D eigenvalue weighted by molar-refractivity contribution is -0.126. The number of carbonyl (C=O) groups excluding carboxylic acids is 2. The Morgan fingerprint density at radius 3 is 2.17 bits per heavy atom. The SMILES string of the molecule is Cc1ccc(CN2C(=O)C3(c4ccccc42)c2c(oc4ccc(C)cc4c2=O)C(=O)N3Cc2ccccc2)cc1. The summed E-state index contributed by atoms with van der Waals surface area (Å²) in [5, 5.41) is 0.356. The molecule has 5 aromatic rings. The van der Waals surface area contributed by atoms with E-state index < -0.39 is 11.4 Å². The van der Waals surface area contributed by atoms with Crippen LogP contribution in [-0.2, 0) is 23.4 Å². The summed E-state index contributed by atoms with van der Waals surface area (Å²) < 4.78 is 6.18. The summed E-state index contributed by atoms with van der Waals surface area (Å²) in [6.45, 7) is 4.35. The van der Waals surface area contributed by atoms with Crippen molar-refractivity contribution in [2.45, 2.75) is 32.5 Å². The number of carbonyl (C=O) groups is 2. The smallest absolute Gasteiger partial charge is 0.291 e. The summed E-state index contributed by atoms with van der Waals surface area (Å²) in [5.74, 6) is -0.881. The van der Waals surface area contributed by atoms with Crippen LogP contribution in [0.3, 0.4) is 0 Å². The predicted octanol–water partition coefficient (Wildman–Crippen LogP) is 5.86. The molecule has 0 N–H and O–H groups in total. The van der Waals surface area contributed by atoms with Gasteiger partial charge >= 0.3 is 0 Å². The highest BCUT2D eigenvalue weighted by atomic mass is 16.3. The zero-order valence-corrected chi connectivity index (χ0v) is 22.2. The Bertz CT molecular complexity index is 1890. The van der Waals surface area contributed by atoms with Gasteiger partial charge < -0.3 is 14.2 Å². The number of amides is 2. The van der Waals surface area contributed by atoms with Crippen LogP contribution in [0.25, 0.3) is 11.0 Å². The van der Waals surface area contributed by atoms with E-state index in [2.05, 4.69) is 0 Å². The summed E-state index contributed by atoms with van der Waals surface area (Å²) in [5.41, 5.74) is 3.50. The molecule has 0 saturated heterocycles. The fourth-order valence-electron chi connectivity index (χ4n) is 6.12. The van der Waals surface area contributed by atoms with Crippen LogP contribution < -0.4 is 10.3 Å². The molecule has 4 aromatic carbocycles. The van der Waals surface area contributed by atoms with Gasteiger partial charge in [0.25, 0.3) is 11.8 Å². The molecule has 2 amide bonds. The first-order chi connectivity index (χ1) is 19.4. The standard InChI is InChI=1S/C34H26N2O4/c1-21-12-15-24(16-13-21)19-35-27-11-7-6-10-26(27)34(33(35)39)29-30(37)25-18-22(2)14-17-28(25)40-31(29)32(38)36(34)20-23-8-4-3-5-9-23/h3-18H,19-20H2,1-2H3. The largest absolute Gasteiger partial charge is 0.450 e. The molecule has 7 rings (SSSR count). The third-order valence-corrected chi connectivity index (χ3v) is 8.04. The number of nitrogens with zero attached hydrogens (tertiary/aromatic N) is 2. The van der Waals surface area contributed by atoms with Gasteiger partial charge in [0.05, 0.1) is 23.2 Å². The molecule has 1 spiro atoms. The van der Waals surface area contributed by atoms with E-state index in [0.29, 0.717) is 28.8 Å². The molecule has 0 fully saturated rings. The summed E-state index contributed by atoms with van der Waals surface area (Å²) in [6.07, 6.45) is 0. The lowest BCUT2D eigenvalue weighted by atomic mass is 9.83. The average molecular weight is 527 g/mol. The number of aryl methyl sites for hydroxylation is 2. The number of hydrogen-bond acceptors (Lipinski definition) is 4. The van der Waals surface area contributed by atoms with Gasteiger partial charge in [-0.05, 0) is 43.2 Å². The van der Waals surface area contributed by atoms with Gasteiger partial charge in [-0.3, -0.25) is 14.4 Å². The van der Waals surface area contributed by atoms with Crippen molar-refractivity contribution in [1.82, 2.24) is 4.90 Å². The minimum atomic E-state index is -1.65. The van der Waals surface area contributed by atoms with Crippen LogP contribution in [0, 0.1) is 13.8 Å². The maximum Gasteiger partial charge on any atom is 0.291 e. The number of para-hydroxylation sites is 1. The molecule has 0 radical (unpaired) electrons. The molecule has 6 heteroatoms. The van der Waals surface area contributed by atoms with E-state index in [1.54, 1.807) is 17.0 Å². The molecular formula is C34H26N2O4. The van der Waals surface area contributed by atoms with E-state index in [1.807, 2.05) is 98.8 Å². The molecule has 1 unspecified atom stereocenters. The van der Waals surface area contributed by atoms with Crippen molar-refractivity contribution in [3.63, 3.8) is 0 Å². The maximum atomic E-state index is 14.9. The molecule has 196 valence electrons. The Balaban J connectivity index is 1.51. The van der Waals surface area contributed by atoms with Crippen molar-refractivity contribution in [2.24, 2.45) is 0 Å². The second-order valence-corrected chi connectivity index (χ2v) is 10.6. The number of hydrogen-bond donors (Lipinski definition) is 0. The first kappa shape index (κ1) is 24.1. The van der Waals surface area contributed by atoms with E-state index in [-0.39, 0.29) is 29.2 Å². The van der Waals surface area contributed by atoms with Gasteiger partial charge in [0.15, 0.2) is 11.0 Å². The topological polar surface area (TPSA) is 70.8 Å². The lowest BCUT2D eigenvalue weighted by Crippen LogP contribution is -2.52. The molecule has 0 bridgehead atoms. The Kier molecular flexibility index (Phi) is 5.29. The molecule has 40 heavy (non-hydrogen) atoms. The molecule has 1 aromatic heterocycles. The van der Waals surface area contributed by atoms with Crippen molar-refractivity contribution >= 4 is 28.5 Å². The Morgan fingerprint density at radius 1 is 0.725 bits per heavy atom. The van der Waals surface area contributed by atoms with Crippen LogP contribution in [0.5, 0.6) is 0 Å². The highest BCUT2D eigenvalue weighted by Gasteiger charge is 2.64. The minimum Gasteiger partial charge on any atom is -0.450 e. The van der Waals surface area contributed by atoms with Gasteiger partial charge in [0.1, 0.15) is 5.58 Å². The summed E-state index contributed by atoms with van der Waals surface area (Å²) in [7, 11) is 0. The molecule has 2 aliphatic heterocycles. The Morgan fingerprint density at radius 2 is 1.40 bits per heavy atom. The van der Waals surface area contributed by atoms with Gasteiger partial charge in [0, 0.05) is 12.1 Å². The molecule has 0 saturated carbocycles. The second-order valence-electron chi connectivity index (χ2n) is 10.6. The highest BCUT2D eigenvalue weighted by molar-refractivity contribution is 6.17. The van der Waals surface area contributed by atoms with Crippen molar-refractivity contribution in [3.8, 4) is 0 Å². The second kappa shape index (κ2) is 8.78. The number of fused-ring (bicyclic) bond motifs is 5. The van der Waals surface area contributed by atoms with E-state index in [9.17, 15) is 14.4 Å². The van der Waals surface area contributed by atoms with Crippen molar-refractivity contribution in [1.29, 1.82) is 0 Å². The molecule has 0 aliphatic carbocycles. The van der Waals surface area contributed by atoms with Gasteiger partial charge in [-0.2, -0.15) is 0 Å². The van der Waals surface area contributed by atoms with Crippen molar-refractivity contribution < 1.29 is 14.0 Å². The number of benzene rings is 4. The monoisotopic (exact) mass is 526 g/mol. The summed E-state index contributed by atoms with van der Waals surface area (Å²) in [6, 6.07) is 30.3. The van der Waals surface area contributed by atoms with Crippen molar-refractivity contribution in [3.05, 3.63) is 146 Å². The fraction of sp³-hybridized carbons (Fsp3) is 0.147. The van der Waals surface area contributed by atoms with Gasteiger partial charge in [-0.15, -0.1) is 0 Å². The number of rotatable bonds is 4. The fourth-order valence-corrected chi connectivity index (χ4v) is 6.12. The van der Waals surface area contributed by atoms with Crippen LogP contribution >= 0.6 is 0 Å². The zero-order chi connectivity index (χ0) is 27.6. The van der Waals surface area contributed by atoms with Crippen LogP contribution in [0.4, 0.5) is 5.69 Å². The molecule has 3 heterocycles. The third kappa shape index (κ3) is 3.32. The van der Waals surface area contributed by atoms with Gasteiger partial charge in [0.2, 0.25) is 5.76 Å².